The Labute approximate surface area is 120 Å². The number of methoxy groups -OCH3 is 2. The van der Waals surface area contributed by atoms with Crippen LogP contribution in [0.15, 0.2) is 12.1 Å². The maximum absolute atomic E-state index is 6.40. The largest absolute Gasteiger partial charge is 0.493 e. The van der Waals surface area contributed by atoms with E-state index in [4.69, 9.17) is 26.8 Å². The van der Waals surface area contributed by atoms with Gasteiger partial charge >= 0.3 is 0 Å². The van der Waals surface area contributed by atoms with Crippen LogP contribution >= 0.6 is 11.6 Å². The number of benzene rings is 1. The van der Waals surface area contributed by atoms with Crippen LogP contribution in [-0.4, -0.2) is 14.2 Å². The van der Waals surface area contributed by atoms with Crippen LogP contribution in [-0.2, 0) is 0 Å². The summed E-state index contributed by atoms with van der Waals surface area (Å²) in [5.41, 5.74) is 7.37. The zero-order valence-corrected chi connectivity index (χ0v) is 12.4. The third kappa shape index (κ3) is 3.15. The van der Waals surface area contributed by atoms with Crippen LogP contribution in [0.1, 0.15) is 43.7 Å². The number of hydrogen-bond acceptors (Lipinski definition) is 3. The first-order valence-electron chi connectivity index (χ1n) is 6.84. The Balaban J connectivity index is 2.27. The fourth-order valence-electron chi connectivity index (χ4n) is 2.87. The van der Waals surface area contributed by atoms with Crippen molar-refractivity contribution in [3.8, 4) is 11.5 Å². The summed E-state index contributed by atoms with van der Waals surface area (Å²) < 4.78 is 10.6. The van der Waals surface area contributed by atoms with Crippen LogP contribution < -0.4 is 15.2 Å². The maximum atomic E-state index is 6.40. The molecule has 1 saturated carbocycles. The first kappa shape index (κ1) is 14.5. The van der Waals surface area contributed by atoms with Gasteiger partial charge in [-0.3, -0.25) is 0 Å². The van der Waals surface area contributed by atoms with Gasteiger partial charge in [-0.1, -0.05) is 30.9 Å². The van der Waals surface area contributed by atoms with Gasteiger partial charge in [0.25, 0.3) is 0 Å². The topological polar surface area (TPSA) is 44.5 Å². The van der Waals surface area contributed by atoms with E-state index in [0.717, 1.165) is 5.56 Å². The van der Waals surface area contributed by atoms with Crippen molar-refractivity contribution in [1.82, 2.24) is 0 Å². The summed E-state index contributed by atoms with van der Waals surface area (Å²) in [5, 5.41) is 0.663. The molecule has 1 aliphatic carbocycles. The highest BCUT2D eigenvalue weighted by Crippen LogP contribution is 2.40. The molecule has 1 aromatic carbocycles. The van der Waals surface area contributed by atoms with Crippen molar-refractivity contribution in [3.05, 3.63) is 22.7 Å². The molecular weight excluding hydrogens is 262 g/mol. The molecule has 2 N–H and O–H groups in total. The summed E-state index contributed by atoms with van der Waals surface area (Å²) in [6, 6.07) is 3.69. The molecule has 1 aliphatic rings. The summed E-state index contributed by atoms with van der Waals surface area (Å²) in [6.07, 6.45) is 6.23. The zero-order chi connectivity index (χ0) is 13.8. The smallest absolute Gasteiger partial charge is 0.162 e. The Morgan fingerprint density at radius 3 is 2.26 bits per heavy atom. The number of rotatable bonds is 4. The minimum Gasteiger partial charge on any atom is -0.493 e. The highest BCUT2D eigenvalue weighted by molar-refractivity contribution is 6.31. The molecule has 0 bridgehead atoms. The Hall–Kier alpha value is -0.930. The highest BCUT2D eigenvalue weighted by Gasteiger charge is 2.24. The molecule has 106 valence electrons. The number of nitrogens with two attached hydrogens (primary N) is 1. The molecule has 4 heteroatoms. The second kappa shape index (κ2) is 6.49. The molecular formula is C15H22ClNO2. The predicted molar refractivity (Wildman–Crippen MR) is 78.1 cm³/mol. The molecule has 19 heavy (non-hydrogen) atoms. The van der Waals surface area contributed by atoms with Gasteiger partial charge in [-0.25, -0.2) is 0 Å². The molecule has 0 spiro atoms. The average molecular weight is 284 g/mol. The van der Waals surface area contributed by atoms with E-state index in [1.165, 1.54) is 32.1 Å². The molecule has 0 amide bonds. The van der Waals surface area contributed by atoms with Gasteiger partial charge < -0.3 is 15.2 Å². The molecule has 3 nitrogen and oxygen atoms in total. The Morgan fingerprint density at radius 1 is 1.11 bits per heavy atom. The van der Waals surface area contributed by atoms with E-state index >= 15 is 0 Å². The first-order chi connectivity index (χ1) is 9.17. The molecule has 1 atom stereocenters. The van der Waals surface area contributed by atoms with Crippen LogP contribution in [0.5, 0.6) is 11.5 Å². The molecule has 2 rings (SSSR count). The van der Waals surface area contributed by atoms with Crippen LogP contribution in [0, 0.1) is 5.92 Å². The third-order valence-electron chi connectivity index (χ3n) is 4.02. The van der Waals surface area contributed by atoms with Crippen molar-refractivity contribution in [1.29, 1.82) is 0 Å². The van der Waals surface area contributed by atoms with Gasteiger partial charge in [0.2, 0.25) is 0 Å². The number of ether oxygens (including phenoxy) is 2. The van der Waals surface area contributed by atoms with Gasteiger partial charge in [0.15, 0.2) is 11.5 Å². The zero-order valence-electron chi connectivity index (χ0n) is 11.6. The lowest BCUT2D eigenvalue weighted by molar-refractivity contribution is 0.306. The SMILES string of the molecule is COc1cc(Cl)c(C(N)C2CCCCC2)cc1OC. The monoisotopic (exact) mass is 283 g/mol. The number of halogens is 1. The standard InChI is InChI=1S/C15H22ClNO2/c1-18-13-8-11(12(16)9-14(13)19-2)15(17)10-6-4-3-5-7-10/h8-10,15H,3-7,17H2,1-2H3. The molecule has 1 fully saturated rings. The summed E-state index contributed by atoms with van der Waals surface area (Å²) in [6.45, 7) is 0. The summed E-state index contributed by atoms with van der Waals surface area (Å²) >= 11 is 6.34. The van der Waals surface area contributed by atoms with E-state index < -0.39 is 0 Å². The molecule has 0 radical (unpaired) electrons. The third-order valence-corrected chi connectivity index (χ3v) is 4.35. The summed E-state index contributed by atoms with van der Waals surface area (Å²) in [5.74, 6) is 1.85. The number of hydrogen-bond donors (Lipinski definition) is 1. The van der Waals surface area contributed by atoms with E-state index in [2.05, 4.69) is 0 Å². The van der Waals surface area contributed by atoms with Crippen LogP contribution in [0.3, 0.4) is 0 Å². The minimum atomic E-state index is -0.0207. The van der Waals surface area contributed by atoms with Crippen molar-refractivity contribution >= 4 is 11.6 Å². The van der Waals surface area contributed by atoms with Gasteiger partial charge in [0, 0.05) is 17.1 Å². The van der Waals surface area contributed by atoms with Gasteiger partial charge in [-0.2, -0.15) is 0 Å². The molecule has 0 saturated heterocycles. The minimum absolute atomic E-state index is 0.0207. The quantitative estimate of drug-likeness (QED) is 0.910. The first-order valence-corrected chi connectivity index (χ1v) is 7.22. The van der Waals surface area contributed by atoms with Crippen molar-refractivity contribution in [3.63, 3.8) is 0 Å². The van der Waals surface area contributed by atoms with Crippen molar-refractivity contribution in [2.24, 2.45) is 11.7 Å². The van der Waals surface area contributed by atoms with E-state index in [0.29, 0.717) is 22.4 Å². The second-order valence-electron chi connectivity index (χ2n) is 5.15. The van der Waals surface area contributed by atoms with E-state index in [9.17, 15) is 0 Å². The molecule has 0 aliphatic heterocycles. The van der Waals surface area contributed by atoms with Crippen LogP contribution in [0.25, 0.3) is 0 Å². The van der Waals surface area contributed by atoms with E-state index in [1.807, 2.05) is 6.07 Å². The van der Waals surface area contributed by atoms with Crippen molar-refractivity contribution < 1.29 is 9.47 Å². The van der Waals surface area contributed by atoms with Crippen LogP contribution in [0.4, 0.5) is 0 Å². The second-order valence-corrected chi connectivity index (χ2v) is 5.56. The summed E-state index contributed by atoms with van der Waals surface area (Å²) in [7, 11) is 3.23. The Kier molecular flexibility index (Phi) is 4.94. The summed E-state index contributed by atoms with van der Waals surface area (Å²) in [4.78, 5) is 0. The molecule has 0 heterocycles. The highest BCUT2D eigenvalue weighted by atomic mass is 35.5. The van der Waals surface area contributed by atoms with Crippen molar-refractivity contribution in [2.45, 2.75) is 38.1 Å². The Morgan fingerprint density at radius 2 is 1.68 bits per heavy atom. The molecule has 1 unspecified atom stereocenters. The van der Waals surface area contributed by atoms with E-state index in [1.54, 1.807) is 20.3 Å². The Bertz CT molecular complexity index is 430. The average Bonchev–Trinajstić information content (AvgIpc) is 2.47. The predicted octanol–water partition coefficient (Wildman–Crippen LogP) is 3.94. The van der Waals surface area contributed by atoms with Gasteiger partial charge in [0.1, 0.15) is 0 Å². The molecule has 1 aromatic rings. The van der Waals surface area contributed by atoms with Crippen LogP contribution in [0.2, 0.25) is 5.02 Å². The fraction of sp³-hybridized carbons (Fsp3) is 0.600. The lowest BCUT2D eigenvalue weighted by atomic mass is 9.81. The maximum Gasteiger partial charge on any atom is 0.162 e. The molecule has 0 aromatic heterocycles. The fourth-order valence-corrected chi connectivity index (χ4v) is 3.15. The normalized spacial score (nSPS) is 18.1. The van der Waals surface area contributed by atoms with Gasteiger partial charge in [-0.15, -0.1) is 0 Å². The van der Waals surface area contributed by atoms with Gasteiger partial charge in [0.05, 0.1) is 14.2 Å². The van der Waals surface area contributed by atoms with Gasteiger partial charge in [-0.05, 0) is 30.4 Å². The lowest BCUT2D eigenvalue weighted by Gasteiger charge is -2.28. The lowest BCUT2D eigenvalue weighted by Crippen LogP contribution is -2.23. The van der Waals surface area contributed by atoms with Crippen molar-refractivity contribution in [2.75, 3.05) is 14.2 Å². The van der Waals surface area contributed by atoms with E-state index in [-0.39, 0.29) is 6.04 Å².